The zero-order valence-electron chi connectivity index (χ0n) is 16.5. The van der Waals surface area contributed by atoms with Gasteiger partial charge in [0.1, 0.15) is 17.4 Å². The molecular weight excluding hydrogens is 456 g/mol. The largest absolute Gasteiger partial charge is 0.497 e. The van der Waals surface area contributed by atoms with Gasteiger partial charge in [0, 0.05) is 10.2 Å². The molecule has 9 heteroatoms. The fourth-order valence-electron chi connectivity index (χ4n) is 2.31. The Morgan fingerprint density at radius 2 is 1.80 bits per heavy atom. The van der Waals surface area contributed by atoms with Gasteiger partial charge in [0.2, 0.25) is 0 Å². The molecule has 0 aliphatic carbocycles. The van der Waals surface area contributed by atoms with Crippen LogP contribution in [0.25, 0.3) is 6.08 Å². The molecule has 0 spiro atoms. The molecular formula is C21H19BrN2O6. The zero-order valence-corrected chi connectivity index (χ0v) is 18.1. The van der Waals surface area contributed by atoms with Crippen LogP contribution in [0.15, 0.2) is 46.4 Å². The summed E-state index contributed by atoms with van der Waals surface area (Å²) in [4.78, 5) is 23.8. The van der Waals surface area contributed by atoms with Gasteiger partial charge >= 0.3 is 5.97 Å². The van der Waals surface area contributed by atoms with Crippen molar-refractivity contribution >= 4 is 39.6 Å². The molecule has 8 nitrogen and oxygen atoms in total. The van der Waals surface area contributed by atoms with Crippen LogP contribution >= 0.6 is 15.9 Å². The number of methoxy groups -OCH3 is 3. The number of nitrogens with one attached hydrogen (secondary N) is 1. The lowest BCUT2D eigenvalue weighted by molar-refractivity contribution is -0.142. The van der Waals surface area contributed by atoms with Crippen molar-refractivity contribution in [2.24, 2.45) is 0 Å². The van der Waals surface area contributed by atoms with Crippen LogP contribution in [0.4, 0.5) is 5.69 Å². The third kappa shape index (κ3) is 5.99. The number of benzene rings is 2. The highest BCUT2D eigenvalue weighted by atomic mass is 79.9. The molecule has 0 aliphatic rings. The Labute approximate surface area is 182 Å². The van der Waals surface area contributed by atoms with Crippen LogP contribution in [0.2, 0.25) is 0 Å². The summed E-state index contributed by atoms with van der Waals surface area (Å²) in [5.74, 6) is 0.155. The number of hydrogen-bond acceptors (Lipinski definition) is 7. The van der Waals surface area contributed by atoms with Gasteiger partial charge in [-0.2, -0.15) is 5.26 Å². The predicted molar refractivity (Wildman–Crippen MR) is 113 cm³/mol. The Morgan fingerprint density at radius 3 is 2.37 bits per heavy atom. The van der Waals surface area contributed by atoms with Gasteiger partial charge in [-0.05, 0) is 48.0 Å². The molecule has 0 unspecified atom stereocenters. The molecule has 0 bridgehead atoms. The first kappa shape index (κ1) is 22.8. The summed E-state index contributed by atoms with van der Waals surface area (Å²) in [6.07, 6.45) is 1.41. The van der Waals surface area contributed by atoms with E-state index in [1.54, 1.807) is 43.5 Å². The van der Waals surface area contributed by atoms with Crippen molar-refractivity contribution in [1.82, 2.24) is 0 Å². The summed E-state index contributed by atoms with van der Waals surface area (Å²) in [5.41, 5.74) is 0.917. The monoisotopic (exact) mass is 474 g/mol. The molecule has 1 N–H and O–H groups in total. The van der Waals surface area contributed by atoms with E-state index >= 15 is 0 Å². The van der Waals surface area contributed by atoms with Gasteiger partial charge < -0.3 is 24.3 Å². The van der Waals surface area contributed by atoms with Crippen molar-refractivity contribution in [2.45, 2.75) is 0 Å². The lowest BCUT2D eigenvalue weighted by Crippen LogP contribution is -2.13. The van der Waals surface area contributed by atoms with Crippen LogP contribution in [0, 0.1) is 11.3 Å². The highest BCUT2D eigenvalue weighted by Crippen LogP contribution is 2.34. The minimum atomic E-state index is -0.570. The summed E-state index contributed by atoms with van der Waals surface area (Å²) in [7, 11) is 4.23. The molecule has 30 heavy (non-hydrogen) atoms. The SMILES string of the molecule is COC(=O)COc1cc(Br)c(C=C(C#N)C(=O)Nc2ccc(OC)cc2)cc1OC. The smallest absolute Gasteiger partial charge is 0.343 e. The Bertz CT molecular complexity index is 996. The number of halogens is 1. The Morgan fingerprint density at radius 1 is 1.10 bits per heavy atom. The van der Waals surface area contributed by atoms with Gasteiger partial charge in [0.25, 0.3) is 5.91 Å². The van der Waals surface area contributed by atoms with Crippen molar-refractivity contribution in [2.75, 3.05) is 33.3 Å². The second-order valence-electron chi connectivity index (χ2n) is 5.74. The third-order valence-corrected chi connectivity index (χ3v) is 4.56. The zero-order chi connectivity index (χ0) is 22.1. The lowest BCUT2D eigenvalue weighted by atomic mass is 10.1. The molecule has 0 aliphatic heterocycles. The van der Waals surface area contributed by atoms with E-state index in [0.717, 1.165) is 0 Å². The van der Waals surface area contributed by atoms with Crippen molar-refractivity contribution in [3.63, 3.8) is 0 Å². The Balaban J connectivity index is 2.25. The normalized spacial score (nSPS) is 10.6. The van der Waals surface area contributed by atoms with E-state index in [-0.39, 0.29) is 12.2 Å². The van der Waals surface area contributed by atoms with Gasteiger partial charge in [-0.15, -0.1) is 0 Å². The van der Waals surface area contributed by atoms with E-state index in [4.69, 9.17) is 14.2 Å². The van der Waals surface area contributed by atoms with E-state index in [1.807, 2.05) is 6.07 Å². The second-order valence-corrected chi connectivity index (χ2v) is 6.60. The number of rotatable bonds is 8. The first-order chi connectivity index (χ1) is 14.4. The number of carbonyl (C=O) groups excluding carboxylic acids is 2. The minimum Gasteiger partial charge on any atom is -0.497 e. The fourth-order valence-corrected chi connectivity index (χ4v) is 2.74. The molecule has 2 rings (SSSR count). The van der Waals surface area contributed by atoms with Gasteiger partial charge in [-0.1, -0.05) is 15.9 Å². The number of esters is 1. The van der Waals surface area contributed by atoms with Gasteiger partial charge in [0.15, 0.2) is 18.1 Å². The predicted octanol–water partition coefficient (Wildman–Crippen LogP) is 3.56. The molecule has 0 saturated heterocycles. The maximum Gasteiger partial charge on any atom is 0.343 e. The molecule has 0 saturated carbocycles. The molecule has 0 atom stereocenters. The summed E-state index contributed by atoms with van der Waals surface area (Å²) >= 11 is 3.37. The van der Waals surface area contributed by atoms with Crippen molar-refractivity contribution in [1.29, 1.82) is 5.26 Å². The number of ether oxygens (including phenoxy) is 4. The molecule has 156 valence electrons. The molecule has 1 amide bonds. The van der Waals surface area contributed by atoms with Crippen molar-refractivity contribution in [3.8, 4) is 23.3 Å². The van der Waals surface area contributed by atoms with Crippen molar-refractivity contribution in [3.05, 3.63) is 52.0 Å². The van der Waals surface area contributed by atoms with E-state index in [0.29, 0.717) is 33.0 Å². The maximum absolute atomic E-state index is 12.5. The average molecular weight is 475 g/mol. The Hall–Kier alpha value is -3.51. The van der Waals surface area contributed by atoms with Crippen LogP contribution in [0.3, 0.4) is 0 Å². The fraction of sp³-hybridized carbons (Fsp3) is 0.190. The average Bonchev–Trinajstić information content (AvgIpc) is 2.76. The second kappa shape index (κ2) is 10.9. The van der Waals surface area contributed by atoms with E-state index < -0.39 is 11.9 Å². The highest BCUT2D eigenvalue weighted by molar-refractivity contribution is 9.10. The van der Waals surface area contributed by atoms with Gasteiger partial charge in [-0.3, -0.25) is 4.79 Å². The van der Waals surface area contributed by atoms with Crippen LogP contribution in [0.1, 0.15) is 5.56 Å². The number of anilines is 1. The molecule has 2 aromatic carbocycles. The Kier molecular flexibility index (Phi) is 8.26. The topological polar surface area (TPSA) is 107 Å². The van der Waals surface area contributed by atoms with Crippen LogP contribution in [-0.2, 0) is 14.3 Å². The van der Waals surface area contributed by atoms with E-state index in [1.165, 1.54) is 20.3 Å². The van der Waals surface area contributed by atoms with Gasteiger partial charge in [-0.25, -0.2) is 4.79 Å². The molecule has 0 fully saturated rings. The lowest BCUT2D eigenvalue weighted by Gasteiger charge is -2.12. The van der Waals surface area contributed by atoms with E-state index in [9.17, 15) is 14.9 Å². The number of nitrogens with zero attached hydrogens (tertiary/aromatic N) is 1. The highest BCUT2D eigenvalue weighted by Gasteiger charge is 2.15. The number of carbonyl (C=O) groups is 2. The van der Waals surface area contributed by atoms with Gasteiger partial charge in [0.05, 0.1) is 21.3 Å². The van der Waals surface area contributed by atoms with Crippen molar-refractivity contribution < 1.29 is 28.5 Å². The first-order valence-corrected chi connectivity index (χ1v) is 9.35. The molecule has 0 radical (unpaired) electrons. The summed E-state index contributed by atoms with van der Waals surface area (Å²) in [5, 5.41) is 12.1. The quantitative estimate of drug-likeness (QED) is 0.354. The van der Waals surface area contributed by atoms with Crippen LogP contribution < -0.4 is 19.5 Å². The summed E-state index contributed by atoms with van der Waals surface area (Å²) in [6.45, 7) is -0.289. The molecule has 0 aromatic heterocycles. The number of nitriles is 1. The molecule has 0 heterocycles. The van der Waals surface area contributed by atoms with Crippen LogP contribution in [0.5, 0.6) is 17.2 Å². The number of hydrogen-bond donors (Lipinski definition) is 1. The minimum absolute atomic E-state index is 0.114. The van der Waals surface area contributed by atoms with Crippen LogP contribution in [-0.4, -0.2) is 39.8 Å². The number of amides is 1. The van der Waals surface area contributed by atoms with E-state index in [2.05, 4.69) is 26.0 Å². The third-order valence-electron chi connectivity index (χ3n) is 3.87. The standard InChI is InChI=1S/C21H19BrN2O6/c1-27-16-6-4-15(5-7-16)24-21(26)14(11-23)8-13-9-18(28-2)19(10-17(13)22)30-12-20(25)29-3/h4-10H,12H2,1-3H3,(H,24,26). The summed E-state index contributed by atoms with van der Waals surface area (Å²) in [6, 6.07) is 11.8. The maximum atomic E-state index is 12.5. The first-order valence-electron chi connectivity index (χ1n) is 8.56. The molecule has 2 aromatic rings. The summed E-state index contributed by atoms with van der Waals surface area (Å²) < 4.78 is 20.8.